The molecule has 49 heavy (non-hydrogen) atoms. The van der Waals surface area contributed by atoms with Crippen molar-refractivity contribution < 1.29 is 29.3 Å². The van der Waals surface area contributed by atoms with E-state index in [1.54, 1.807) is 6.08 Å². The van der Waals surface area contributed by atoms with Gasteiger partial charge in [0.2, 0.25) is 11.8 Å². The molecule has 262 valence electrons. The van der Waals surface area contributed by atoms with Crippen LogP contribution in [0.1, 0.15) is 62.6 Å². The maximum absolute atomic E-state index is 12.5. The van der Waals surface area contributed by atoms with Crippen molar-refractivity contribution in [1.29, 1.82) is 0 Å². The molecule has 0 bridgehead atoms. The molecule has 0 saturated carbocycles. The Morgan fingerprint density at radius 1 is 0.857 bits per heavy atom. The zero-order valence-corrected chi connectivity index (χ0v) is 29.3. The molecule has 0 radical (unpaired) electrons. The number of esters is 1. The highest BCUT2D eigenvalue weighted by molar-refractivity contribution is 8.00. The van der Waals surface area contributed by atoms with Crippen molar-refractivity contribution in [2.24, 2.45) is 5.92 Å². The Hall–Kier alpha value is -4.18. The largest absolute Gasteiger partial charge is 0.461 e. The summed E-state index contributed by atoms with van der Waals surface area (Å²) in [7, 11) is 0. The predicted octanol–water partition coefficient (Wildman–Crippen LogP) is 5.93. The zero-order chi connectivity index (χ0) is 35.5. The molecule has 2 amide bonds. The Kier molecular flexibility index (Phi) is 16.8. The van der Waals surface area contributed by atoms with Gasteiger partial charge in [0.25, 0.3) is 0 Å². The van der Waals surface area contributed by atoms with Crippen LogP contribution in [0.3, 0.4) is 0 Å². The third-order valence-electron chi connectivity index (χ3n) is 8.00. The molecule has 0 spiro atoms. The van der Waals surface area contributed by atoms with Gasteiger partial charge in [-0.3, -0.25) is 14.4 Å². The van der Waals surface area contributed by atoms with Crippen LogP contribution in [0.5, 0.6) is 0 Å². The second-order valence-electron chi connectivity index (χ2n) is 12.2. The number of allylic oxidation sites excluding steroid dienone is 1. The SMILES string of the molecule is C=CCOC(=O)C[C@H](O)[C@H](NC(=O)CCCNC(=O)C[C@H](O)/C=C/CCSC(c1ccccc1)(c1ccccc1)c1ccccc1)C(C)C. The Labute approximate surface area is 295 Å². The van der Waals surface area contributed by atoms with Crippen LogP contribution in [0, 0.1) is 5.92 Å². The first-order chi connectivity index (χ1) is 23.7. The lowest BCUT2D eigenvalue weighted by Gasteiger charge is -2.35. The van der Waals surface area contributed by atoms with Gasteiger partial charge in [0.1, 0.15) is 6.61 Å². The molecule has 0 heterocycles. The lowest BCUT2D eigenvalue weighted by molar-refractivity contribution is -0.145. The number of aliphatic hydroxyl groups excluding tert-OH is 2. The summed E-state index contributed by atoms with van der Waals surface area (Å²) in [6.45, 7) is 7.49. The summed E-state index contributed by atoms with van der Waals surface area (Å²) in [6, 6.07) is 30.8. The van der Waals surface area contributed by atoms with E-state index in [2.05, 4.69) is 90.0 Å². The molecule has 0 aliphatic rings. The normalized spacial score (nSPS) is 13.4. The number of thioether (sulfide) groups is 1. The third kappa shape index (κ3) is 12.7. The minimum Gasteiger partial charge on any atom is -0.461 e. The van der Waals surface area contributed by atoms with E-state index in [0.29, 0.717) is 12.8 Å². The molecule has 3 atom stereocenters. The maximum atomic E-state index is 12.5. The van der Waals surface area contributed by atoms with Crippen LogP contribution in [0.4, 0.5) is 0 Å². The standard InChI is InChI=1S/C40H50N2O6S/c1-4-26-48-38(47)29-35(44)39(30(2)3)42-36(45)24-16-25-41-37(46)28-34(43)23-14-15-27-49-40(31-17-8-5-9-18-31,32-19-10-6-11-20-32)33-21-12-7-13-22-33/h4-14,17-23,30,34-35,39,43-44H,1,15-16,24-29H2,2-3H3,(H,41,46)(H,42,45)/b23-14+/t34-,35+,39-/m1/s1. The molecular formula is C40H50N2O6S. The monoisotopic (exact) mass is 686 g/mol. The molecule has 0 unspecified atom stereocenters. The molecular weight excluding hydrogens is 637 g/mol. The number of carbonyl (C=O) groups excluding carboxylic acids is 3. The van der Waals surface area contributed by atoms with Crippen LogP contribution in [-0.4, -0.2) is 65.2 Å². The van der Waals surface area contributed by atoms with Gasteiger partial charge in [-0.05, 0) is 41.2 Å². The number of ether oxygens (including phenoxy) is 1. The molecule has 0 fully saturated rings. The second-order valence-corrected chi connectivity index (χ2v) is 13.5. The van der Waals surface area contributed by atoms with E-state index in [-0.39, 0.29) is 50.1 Å². The zero-order valence-electron chi connectivity index (χ0n) is 28.5. The van der Waals surface area contributed by atoms with E-state index < -0.39 is 29.0 Å². The van der Waals surface area contributed by atoms with E-state index in [1.165, 1.54) is 22.8 Å². The van der Waals surface area contributed by atoms with E-state index in [1.807, 2.05) is 49.9 Å². The van der Waals surface area contributed by atoms with E-state index >= 15 is 0 Å². The fourth-order valence-electron chi connectivity index (χ4n) is 5.58. The molecule has 3 rings (SSSR count). The van der Waals surface area contributed by atoms with Crippen molar-refractivity contribution in [2.75, 3.05) is 18.9 Å². The van der Waals surface area contributed by atoms with Gasteiger partial charge in [-0.25, -0.2) is 0 Å². The summed E-state index contributed by atoms with van der Waals surface area (Å²) < 4.78 is 4.51. The van der Waals surface area contributed by atoms with Crippen LogP contribution in [0.15, 0.2) is 116 Å². The fraction of sp³-hybridized carbons (Fsp3) is 0.375. The summed E-state index contributed by atoms with van der Waals surface area (Å²) in [5.74, 6) is -0.496. The first-order valence-electron chi connectivity index (χ1n) is 16.8. The van der Waals surface area contributed by atoms with Crippen molar-refractivity contribution in [3.63, 3.8) is 0 Å². The average molecular weight is 687 g/mol. The van der Waals surface area contributed by atoms with Gasteiger partial charge in [0.15, 0.2) is 0 Å². The molecule has 4 N–H and O–H groups in total. The van der Waals surface area contributed by atoms with Gasteiger partial charge < -0.3 is 25.6 Å². The number of nitrogens with one attached hydrogen (secondary N) is 2. The molecule has 9 heteroatoms. The molecule has 0 aromatic heterocycles. The van der Waals surface area contributed by atoms with E-state index in [0.717, 1.165) is 5.75 Å². The Morgan fingerprint density at radius 2 is 1.41 bits per heavy atom. The van der Waals surface area contributed by atoms with Gasteiger partial charge in [0.05, 0.1) is 35.8 Å². The van der Waals surface area contributed by atoms with Crippen molar-refractivity contribution in [3.05, 3.63) is 132 Å². The fourth-order valence-corrected chi connectivity index (χ4v) is 7.05. The number of hydrogen-bond donors (Lipinski definition) is 4. The molecule has 0 saturated heterocycles. The number of carbonyl (C=O) groups is 3. The summed E-state index contributed by atoms with van der Waals surface area (Å²) in [4.78, 5) is 36.8. The van der Waals surface area contributed by atoms with Crippen molar-refractivity contribution in [1.82, 2.24) is 10.6 Å². The highest BCUT2D eigenvalue weighted by Crippen LogP contribution is 2.48. The maximum Gasteiger partial charge on any atom is 0.308 e. The molecule has 3 aromatic carbocycles. The first kappa shape index (κ1) is 39.3. The van der Waals surface area contributed by atoms with E-state index in [4.69, 9.17) is 4.74 Å². The number of aliphatic hydroxyl groups is 2. The van der Waals surface area contributed by atoms with Gasteiger partial charge in [-0.2, -0.15) is 0 Å². The number of amides is 2. The lowest BCUT2D eigenvalue weighted by atomic mass is 9.84. The van der Waals surface area contributed by atoms with Crippen LogP contribution < -0.4 is 10.6 Å². The smallest absolute Gasteiger partial charge is 0.308 e. The quantitative estimate of drug-likeness (QED) is 0.0474. The topological polar surface area (TPSA) is 125 Å². The van der Waals surface area contributed by atoms with Crippen LogP contribution in [0.2, 0.25) is 0 Å². The first-order valence-corrected chi connectivity index (χ1v) is 17.8. The van der Waals surface area contributed by atoms with Gasteiger partial charge in [-0.15, -0.1) is 11.8 Å². The summed E-state index contributed by atoms with van der Waals surface area (Å²) in [5.41, 5.74) is 3.57. The van der Waals surface area contributed by atoms with Crippen LogP contribution >= 0.6 is 11.8 Å². The van der Waals surface area contributed by atoms with Crippen LogP contribution in [-0.2, 0) is 23.9 Å². The van der Waals surface area contributed by atoms with Crippen LogP contribution in [0.25, 0.3) is 0 Å². The third-order valence-corrected chi connectivity index (χ3v) is 9.58. The highest BCUT2D eigenvalue weighted by atomic mass is 32.2. The molecule has 8 nitrogen and oxygen atoms in total. The number of rotatable bonds is 21. The number of benzene rings is 3. The minimum atomic E-state index is -1.09. The highest BCUT2D eigenvalue weighted by Gasteiger charge is 2.36. The van der Waals surface area contributed by atoms with Crippen molar-refractivity contribution in [2.45, 2.75) is 68.9 Å². The Balaban J connectivity index is 1.45. The average Bonchev–Trinajstić information content (AvgIpc) is 3.10. The van der Waals surface area contributed by atoms with Gasteiger partial charge in [0, 0.05) is 13.0 Å². The van der Waals surface area contributed by atoms with E-state index in [9.17, 15) is 24.6 Å². The predicted molar refractivity (Wildman–Crippen MR) is 197 cm³/mol. The Bertz CT molecular complexity index is 1370. The van der Waals surface area contributed by atoms with Crippen molar-refractivity contribution in [3.8, 4) is 0 Å². The summed E-state index contributed by atoms with van der Waals surface area (Å²) >= 11 is 1.84. The summed E-state index contributed by atoms with van der Waals surface area (Å²) in [5, 5.41) is 26.5. The molecule has 3 aromatic rings. The van der Waals surface area contributed by atoms with Gasteiger partial charge in [-0.1, -0.05) is 130 Å². The molecule has 0 aliphatic carbocycles. The van der Waals surface area contributed by atoms with Crippen molar-refractivity contribution >= 4 is 29.5 Å². The van der Waals surface area contributed by atoms with Gasteiger partial charge >= 0.3 is 5.97 Å². The lowest BCUT2D eigenvalue weighted by Crippen LogP contribution is -2.47. The summed E-state index contributed by atoms with van der Waals surface area (Å²) in [6.07, 6.45) is 3.90. The number of hydrogen-bond acceptors (Lipinski definition) is 7. The minimum absolute atomic E-state index is 0.0581. The molecule has 0 aliphatic heterocycles. The second kappa shape index (κ2) is 21.0. The Morgan fingerprint density at radius 3 is 1.92 bits per heavy atom.